The SMILES string of the molecule is Cc1cc2cc(c1F)[C@H](CC(=O)O)NC(=O)[C@@H](n1cc(CCCN(C)C)c(C(F)(F)F)cc1=O)c1cc(ccc1F)Oc1cccc(C)c1-2. The molecule has 4 aromatic rings. The first-order valence-electron chi connectivity index (χ1n) is 15.4. The molecule has 2 atom stereocenters. The van der Waals surface area contributed by atoms with Crippen LogP contribution in [0.2, 0.25) is 0 Å². The average Bonchev–Trinajstić information content (AvgIpc) is 3.00. The van der Waals surface area contributed by atoms with E-state index in [1.54, 1.807) is 50.2 Å². The Bertz CT molecular complexity index is 1990. The fourth-order valence-electron chi connectivity index (χ4n) is 6.14. The minimum Gasteiger partial charge on any atom is -0.481 e. The number of nitrogens with one attached hydrogen (secondary N) is 1. The third-order valence-corrected chi connectivity index (χ3v) is 8.41. The van der Waals surface area contributed by atoms with E-state index in [2.05, 4.69) is 5.32 Å². The second-order valence-electron chi connectivity index (χ2n) is 12.4. The summed E-state index contributed by atoms with van der Waals surface area (Å²) < 4.78 is 80.9. The van der Waals surface area contributed by atoms with Crippen molar-refractivity contribution in [3.63, 3.8) is 0 Å². The van der Waals surface area contributed by atoms with E-state index in [9.17, 15) is 32.7 Å². The van der Waals surface area contributed by atoms with Gasteiger partial charge >= 0.3 is 12.1 Å². The van der Waals surface area contributed by atoms with Crippen LogP contribution in [0.15, 0.2) is 65.6 Å². The Balaban J connectivity index is 1.80. The number of carbonyl (C=O) groups excluding carboxylic acids is 1. The largest absolute Gasteiger partial charge is 0.481 e. The first kappa shape index (κ1) is 35.3. The Morgan fingerprint density at radius 1 is 1.00 bits per heavy atom. The number of carboxylic acid groups (broad SMARTS) is 1. The van der Waals surface area contributed by atoms with Crippen LogP contribution in [0.4, 0.5) is 22.0 Å². The molecule has 0 saturated heterocycles. The Kier molecular flexibility index (Phi) is 9.95. The number of pyridine rings is 1. The summed E-state index contributed by atoms with van der Waals surface area (Å²) in [6.07, 6.45) is -4.71. The van der Waals surface area contributed by atoms with Crippen molar-refractivity contribution >= 4 is 11.9 Å². The van der Waals surface area contributed by atoms with Gasteiger partial charge in [-0.15, -0.1) is 0 Å². The monoisotopic (exact) mass is 683 g/mol. The maximum absolute atomic E-state index is 15.8. The van der Waals surface area contributed by atoms with E-state index in [0.717, 1.165) is 18.3 Å². The second kappa shape index (κ2) is 13.8. The summed E-state index contributed by atoms with van der Waals surface area (Å²) in [6, 6.07) is 8.37. The highest BCUT2D eigenvalue weighted by atomic mass is 19.4. The molecule has 2 N–H and O–H groups in total. The van der Waals surface area contributed by atoms with Crippen LogP contribution in [0.3, 0.4) is 0 Å². The third kappa shape index (κ3) is 7.51. The van der Waals surface area contributed by atoms with Crippen LogP contribution >= 0.6 is 0 Å². The predicted molar refractivity (Wildman–Crippen MR) is 172 cm³/mol. The molecule has 258 valence electrons. The summed E-state index contributed by atoms with van der Waals surface area (Å²) in [7, 11) is 3.49. The Morgan fingerprint density at radius 3 is 2.41 bits per heavy atom. The maximum atomic E-state index is 15.8. The summed E-state index contributed by atoms with van der Waals surface area (Å²) in [5.74, 6) is -4.05. The van der Waals surface area contributed by atoms with E-state index in [0.29, 0.717) is 33.9 Å². The fourth-order valence-corrected chi connectivity index (χ4v) is 6.14. The third-order valence-electron chi connectivity index (χ3n) is 8.41. The number of hydrogen-bond acceptors (Lipinski definition) is 5. The number of halogens is 5. The Morgan fingerprint density at radius 2 is 1.73 bits per heavy atom. The molecule has 1 amide bonds. The molecule has 0 spiro atoms. The average molecular weight is 684 g/mol. The van der Waals surface area contributed by atoms with E-state index < -0.39 is 64.9 Å². The van der Waals surface area contributed by atoms with Gasteiger partial charge in [-0.1, -0.05) is 12.1 Å². The lowest BCUT2D eigenvalue weighted by Gasteiger charge is -2.26. The summed E-state index contributed by atoms with van der Waals surface area (Å²) >= 11 is 0. The van der Waals surface area contributed by atoms with Gasteiger partial charge in [0, 0.05) is 29.0 Å². The zero-order valence-electron chi connectivity index (χ0n) is 27.1. The predicted octanol–water partition coefficient (Wildman–Crippen LogP) is 6.95. The molecule has 1 aliphatic heterocycles. The minimum absolute atomic E-state index is 0.0348. The number of carboxylic acids is 1. The van der Waals surface area contributed by atoms with Crippen LogP contribution in [0.5, 0.6) is 11.5 Å². The zero-order chi connectivity index (χ0) is 35.8. The highest BCUT2D eigenvalue weighted by Gasteiger charge is 2.37. The molecule has 4 bridgehead atoms. The van der Waals surface area contributed by atoms with Gasteiger partial charge in [0.2, 0.25) is 5.91 Å². The lowest BCUT2D eigenvalue weighted by Crippen LogP contribution is -2.41. The van der Waals surface area contributed by atoms with Crippen LogP contribution in [0.1, 0.15) is 58.3 Å². The molecule has 8 nitrogen and oxygen atoms in total. The maximum Gasteiger partial charge on any atom is 0.416 e. The van der Waals surface area contributed by atoms with E-state index in [4.69, 9.17) is 4.74 Å². The van der Waals surface area contributed by atoms with Crippen LogP contribution < -0.4 is 15.6 Å². The van der Waals surface area contributed by atoms with E-state index in [1.165, 1.54) is 19.1 Å². The van der Waals surface area contributed by atoms with Crippen molar-refractivity contribution in [3.8, 4) is 22.6 Å². The number of ether oxygens (including phenoxy) is 1. The molecular weight excluding hydrogens is 649 g/mol. The topological polar surface area (TPSA) is 101 Å². The molecule has 1 aromatic heterocycles. The van der Waals surface area contributed by atoms with Gasteiger partial charge in [-0.25, -0.2) is 8.78 Å². The lowest BCUT2D eigenvalue weighted by atomic mass is 9.92. The van der Waals surface area contributed by atoms with Gasteiger partial charge in [-0.2, -0.15) is 13.2 Å². The van der Waals surface area contributed by atoms with Crippen LogP contribution in [0, 0.1) is 25.5 Å². The van der Waals surface area contributed by atoms with Gasteiger partial charge in [0.15, 0.2) is 0 Å². The van der Waals surface area contributed by atoms with Crippen molar-refractivity contribution in [2.45, 2.75) is 51.4 Å². The number of carbonyl (C=O) groups is 2. The summed E-state index contributed by atoms with van der Waals surface area (Å²) in [5, 5.41) is 12.3. The first-order chi connectivity index (χ1) is 23.0. The quantitative estimate of drug-likeness (QED) is 0.205. The molecule has 0 saturated carbocycles. The van der Waals surface area contributed by atoms with E-state index >= 15 is 8.78 Å². The van der Waals surface area contributed by atoms with Gasteiger partial charge < -0.3 is 20.1 Å². The van der Waals surface area contributed by atoms with Gasteiger partial charge in [0.25, 0.3) is 5.56 Å². The summed E-state index contributed by atoms with van der Waals surface area (Å²) in [4.78, 5) is 41.6. The molecule has 13 heteroatoms. The number of benzene rings is 3. The number of amides is 1. The standard InChI is InChI=1S/C36H34F5N3O5/c1-19-7-5-9-29-32(19)22-13-20(2)33(38)25(14-22)28(17-31(46)47)42-35(48)34(24-15-23(49-29)10-11-27(24)37)44-18-21(8-6-12-43(3)4)26(16-30(44)45)36(39,40)41/h5,7,9-11,13-16,18,28,34H,6,8,12,17H2,1-4H3,(H,42,48)(H,46,47)/t28-,34-/m0/s1. The van der Waals surface area contributed by atoms with Gasteiger partial charge in [-0.3, -0.25) is 19.0 Å². The number of rotatable bonds is 7. The number of nitrogens with zero attached hydrogens (tertiary/aromatic N) is 2. The molecule has 5 rings (SSSR count). The lowest BCUT2D eigenvalue weighted by molar-refractivity contribution is -0.139. The first-order valence-corrected chi connectivity index (χ1v) is 15.4. The van der Waals surface area contributed by atoms with E-state index in [-0.39, 0.29) is 41.0 Å². The van der Waals surface area contributed by atoms with Crippen LogP contribution in [-0.4, -0.2) is 47.1 Å². The molecule has 0 fully saturated rings. The smallest absolute Gasteiger partial charge is 0.416 e. The van der Waals surface area contributed by atoms with Gasteiger partial charge in [0.05, 0.1) is 18.0 Å². The molecule has 0 aliphatic carbocycles. The molecule has 1 aliphatic rings. The van der Waals surface area contributed by atoms with Crippen molar-refractivity contribution in [2.24, 2.45) is 0 Å². The normalized spacial score (nSPS) is 16.2. The zero-order valence-corrected chi connectivity index (χ0v) is 27.1. The van der Waals surface area contributed by atoms with E-state index in [1.807, 2.05) is 0 Å². The number of hydrogen-bond donors (Lipinski definition) is 2. The highest BCUT2D eigenvalue weighted by molar-refractivity contribution is 5.85. The number of aliphatic carboxylic acids is 1. The summed E-state index contributed by atoms with van der Waals surface area (Å²) in [5.41, 5.74) is -1.60. The summed E-state index contributed by atoms with van der Waals surface area (Å²) in [6.45, 7) is 3.67. The number of fused-ring (bicyclic) bond motifs is 6. The number of aryl methyl sites for hydroxylation is 3. The van der Waals surface area contributed by atoms with Crippen molar-refractivity contribution in [1.29, 1.82) is 0 Å². The van der Waals surface area contributed by atoms with Crippen LogP contribution in [0.25, 0.3) is 11.1 Å². The van der Waals surface area contributed by atoms with Gasteiger partial charge in [-0.05, 0) is 106 Å². The number of alkyl halides is 3. The minimum atomic E-state index is -4.91. The fraction of sp³-hybridized carbons (Fsp3) is 0.306. The Hall–Kier alpha value is -5.04. The van der Waals surface area contributed by atoms with Crippen molar-refractivity contribution in [3.05, 3.63) is 116 Å². The molecular formula is C36H34F5N3O5. The molecule has 0 unspecified atom stereocenters. The van der Waals surface area contributed by atoms with Crippen molar-refractivity contribution in [1.82, 2.24) is 14.8 Å². The molecule has 2 heterocycles. The molecule has 49 heavy (non-hydrogen) atoms. The number of aromatic nitrogens is 1. The van der Waals surface area contributed by atoms with Crippen LogP contribution in [-0.2, 0) is 22.2 Å². The van der Waals surface area contributed by atoms with Crippen molar-refractivity contribution < 1.29 is 41.4 Å². The molecule has 0 radical (unpaired) electrons. The second-order valence-corrected chi connectivity index (χ2v) is 12.4. The Labute approximate surface area is 278 Å². The van der Waals surface area contributed by atoms with Crippen molar-refractivity contribution in [2.75, 3.05) is 20.6 Å². The van der Waals surface area contributed by atoms with Gasteiger partial charge in [0.1, 0.15) is 29.2 Å². The highest BCUT2D eigenvalue weighted by Crippen LogP contribution is 2.40. The molecule has 3 aromatic carbocycles.